The molecule has 6 heteroatoms. The molecule has 3 rings (SSSR count). The normalized spacial score (nSPS) is 16.4. The molecular weight excluding hydrogens is 360 g/mol. The molecule has 0 radical (unpaired) electrons. The molecule has 144 valence electrons. The summed E-state index contributed by atoms with van der Waals surface area (Å²) in [6.07, 6.45) is 3.63. The fraction of sp³-hybridized carbons (Fsp3) is 0.381. The number of hydrogen-bond acceptors (Lipinski definition) is 3. The topological polar surface area (TPSA) is 66.5 Å². The number of rotatable bonds is 5. The summed E-state index contributed by atoms with van der Waals surface area (Å²) in [5.74, 6) is -0.0664. The molecule has 0 aromatic heterocycles. The summed E-state index contributed by atoms with van der Waals surface area (Å²) in [5.41, 5.74) is 1.63. The van der Waals surface area contributed by atoms with Crippen LogP contribution in [0.25, 0.3) is 0 Å². The highest BCUT2D eigenvalue weighted by Gasteiger charge is 2.42. The number of aryl methyl sites for hydroxylation is 1. The number of carbonyl (C=O) groups excluding carboxylic acids is 1. The van der Waals surface area contributed by atoms with Gasteiger partial charge >= 0.3 is 0 Å². The molecule has 2 aromatic carbocycles. The van der Waals surface area contributed by atoms with Crippen molar-refractivity contribution < 1.29 is 13.2 Å². The molecule has 0 atom stereocenters. The Hall–Kier alpha value is -2.18. The third kappa shape index (κ3) is 3.64. The lowest BCUT2D eigenvalue weighted by molar-refractivity contribution is -0.121. The second kappa shape index (κ2) is 7.44. The van der Waals surface area contributed by atoms with Crippen molar-refractivity contribution in [2.24, 2.45) is 0 Å². The van der Waals surface area contributed by atoms with E-state index in [0.29, 0.717) is 11.3 Å². The average Bonchev–Trinajstić information content (AvgIpc) is 3.15. The number of amides is 1. The van der Waals surface area contributed by atoms with Gasteiger partial charge in [0.15, 0.2) is 0 Å². The van der Waals surface area contributed by atoms with E-state index in [2.05, 4.69) is 5.32 Å². The first-order valence-corrected chi connectivity index (χ1v) is 10.6. The van der Waals surface area contributed by atoms with E-state index < -0.39 is 15.4 Å². The first-order chi connectivity index (χ1) is 12.8. The van der Waals surface area contributed by atoms with Crippen molar-refractivity contribution in [3.05, 3.63) is 59.7 Å². The lowest BCUT2D eigenvalue weighted by atomic mass is 9.78. The molecule has 27 heavy (non-hydrogen) atoms. The van der Waals surface area contributed by atoms with Crippen LogP contribution in [-0.4, -0.2) is 32.7 Å². The minimum absolute atomic E-state index is 0.0664. The molecule has 0 bridgehead atoms. The highest BCUT2D eigenvalue weighted by molar-refractivity contribution is 7.89. The van der Waals surface area contributed by atoms with Crippen molar-refractivity contribution in [1.82, 2.24) is 4.31 Å². The van der Waals surface area contributed by atoms with Gasteiger partial charge in [-0.15, -0.1) is 0 Å². The molecule has 0 heterocycles. The minimum Gasteiger partial charge on any atom is -0.325 e. The Balaban J connectivity index is 1.94. The van der Waals surface area contributed by atoms with E-state index in [1.54, 1.807) is 25.1 Å². The molecule has 1 amide bonds. The summed E-state index contributed by atoms with van der Waals surface area (Å²) in [6, 6.07) is 14.9. The molecular formula is C21H26N2O3S. The van der Waals surface area contributed by atoms with Crippen molar-refractivity contribution >= 4 is 21.6 Å². The Kier molecular flexibility index (Phi) is 5.40. The molecule has 1 N–H and O–H groups in total. The van der Waals surface area contributed by atoms with Crippen molar-refractivity contribution in [2.45, 2.75) is 42.9 Å². The molecule has 0 saturated heterocycles. The second-order valence-electron chi connectivity index (χ2n) is 7.38. The first-order valence-electron chi connectivity index (χ1n) is 9.17. The van der Waals surface area contributed by atoms with Gasteiger partial charge in [-0.2, -0.15) is 0 Å². The van der Waals surface area contributed by atoms with E-state index >= 15 is 0 Å². The quantitative estimate of drug-likeness (QED) is 0.852. The van der Waals surface area contributed by atoms with Crippen LogP contribution in [-0.2, 0) is 20.2 Å². The summed E-state index contributed by atoms with van der Waals surface area (Å²) in [5, 5.41) is 2.98. The van der Waals surface area contributed by atoms with Crippen LogP contribution in [0, 0.1) is 6.92 Å². The largest absolute Gasteiger partial charge is 0.325 e. The van der Waals surface area contributed by atoms with Crippen molar-refractivity contribution in [1.29, 1.82) is 0 Å². The van der Waals surface area contributed by atoms with Gasteiger partial charge in [0.1, 0.15) is 0 Å². The number of anilines is 1. The van der Waals surface area contributed by atoms with Gasteiger partial charge in [-0.3, -0.25) is 4.79 Å². The van der Waals surface area contributed by atoms with Gasteiger partial charge in [-0.25, -0.2) is 12.7 Å². The van der Waals surface area contributed by atoms with E-state index in [1.165, 1.54) is 18.4 Å². The molecule has 1 aliphatic rings. The van der Waals surface area contributed by atoms with Gasteiger partial charge in [0.25, 0.3) is 0 Å². The fourth-order valence-corrected chi connectivity index (χ4v) is 4.93. The Morgan fingerprint density at radius 3 is 2.26 bits per heavy atom. The Morgan fingerprint density at radius 1 is 1.04 bits per heavy atom. The van der Waals surface area contributed by atoms with Gasteiger partial charge < -0.3 is 5.32 Å². The lowest BCUT2D eigenvalue weighted by Crippen LogP contribution is -2.38. The molecule has 1 aliphatic carbocycles. The number of nitrogens with zero attached hydrogens (tertiary/aromatic N) is 1. The van der Waals surface area contributed by atoms with Crippen LogP contribution in [0.4, 0.5) is 5.69 Å². The van der Waals surface area contributed by atoms with Gasteiger partial charge in [-0.05, 0) is 43.0 Å². The van der Waals surface area contributed by atoms with Crippen LogP contribution in [0.5, 0.6) is 0 Å². The number of nitrogens with one attached hydrogen (secondary N) is 1. The molecule has 1 saturated carbocycles. The fourth-order valence-electron chi connectivity index (χ4n) is 3.79. The summed E-state index contributed by atoms with van der Waals surface area (Å²) < 4.78 is 26.3. The van der Waals surface area contributed by atoms with Crippen LogP contribution < -0.4 is 5.32 Å². The number of carbonyl (C=O) groups is 1. The highest BCUT2D eigenvalue weighted by Crippen LogP contribution is 2.42. The maximum Gasteiger partial charge on any atom is 0.242 e. The third-order valence-electron chi connectivity index (χ3n) is 5.42. The highest BCUT2D eigenvalue weighted by atomic mass is 32.2. The van der Waals surface area contributed by atoms with Crippen molar-refractivity contribution in [3.63, 3.8) is 0 Å². The first kappa shape index (κ1) is 19.6. The Labute approximate surface area is 161 Å². The Bertz CT molecular complexity index is 931. The van der Waals surface area contributed by atoms with E-state index in [0.717, 1.165) is 31.2 Å². The molecule has 1 fully saturated rings. The number of benzene rings is 2. The van der Waals surface area contributed by atoms with Gasteiger partial charge in [0.05, 0.1) is 10.3 Å². The lowest BCUT2D eigenvalue weighted by Gasteiger charge is -2.28. The van der Waals surface area contributed by atoms with Gasteiger partial charge in [0.2, 0.25) is 15.9 Å². The summed E-state index contributed by atoms with van der Waals surface area (Å²) in [4.78, 5) is 13.5. The summed E-state index contributed by atoms with van der Waals surface area (Å²) in [6.45, 7) is 1.75. The Morgan fingerprint density at radius 2 is 1.67 bits per heavy atom. The average molecular weight is 387 g/mol. The zero-order chi connectivity index (χ0) is 19.7. The van der Waals surface area contributed by atoms with Gasteiger partial charge in [0, 0.05) is 19.8 Å². The predicted octanol–water partition coefficient (Wildman–Crippen LogP) is 3.70. The van der Waals surface area contributed by atoms with E-state index in [4.69, 9.17) is 0 Å². The van der Waals surface area contributed by atoms with Gasteiger partial charge in [-0.1, -0.05) is 49.2 Å². The van der Waals surface area contributed by atoms with E-state index in [9.17, 15) is 13.2 Å². The zero-order valence-corrected chi connectivity index (χ0v) is 16.8. The van der Waals surface area contributed by atoms with E-state index in [-0.39, 0.29) is 10.8 Å². The van der Waals surface area contributed by atoms with E-state index in [1.807, 2.05) is 30.3 Å². The smallest absolute Gasteiger partial charge is 0.242 e. The maximum atomic E-state index is 13.2. The zero-order valence-electron chi connectivity index (χ0n) is 16.0. The molecule has 5 nitrogen and oxygen atoms in total. The monoisotopic (exact) mass is 386 g/mol. The molecule has 0 aliphatic heterocycles. The van der Waals surface area contributed by atoms with Crippen LogP contribution in [0.1, 0.15) is 36.8 Å². The van der Waals surface area contributed by atoms with Crippen LogP contribution in [0.2, 0.25) is 0 Å². The van der Waals surface area contributed by atoms with Crippen molar-refractivity contribution in [2.75, 3.05) is 19.4 Å². The molecule has 0 unspecified atom stereocenters. The maximum absolute atomic E-state index is 13.2. The standard InChI is InChI=1S/C21H26N2O3S/c1-16-11-12-18(15-19(16)27(25,26)23(2)3)22-20(24)21(13-7-8-14-21)17-9-5-4-6-10-17/h4-6,9-12,15H,7-8,13-14H2,1-3H3,(H,22,24). The van der Waals surface area contributed by atoms with Crippen LogP contribution in [0.15, 0.2) is 53.4 Å². The second-order valence-corrected chi connectivity index (χ2v) is 9.50. The van der Waals surface area contributed by atoms with Crippen LogP contribution >= 0.6 is 0 Å². The third-order valence-corrected chi connectivity index (χ3v) is 7.38. The summed E-state index contributed by atoms with van der Waals surface area (Å²) in [7, 11) is -0.564. The van der Waals surface area contributed by atoms with Crippen molar-refractivity contribution in [3.8, 4) is 0 Å². The summed E-state index contributed by atoms with van der Waals surface area (Å²) >= 11 is 0. The minimum atomic E-state index is -3.57. The van der Waals surface area contributed by atoms with Crippen LogP contribution in [0.3, 0.4) is 0 Å². The number of sulfonamides is 1. The number of hydrogen-bond donors (Lipinski definition) is 1. The molecule has 0 spiro atoms. The predicted molar refractivity (Wildman–Crippen MR) is 107 cm³/mol. The SMILES string of the molecule is Cc1ccc(NC(=O)C2(c3ccccc3)CCCC2)cc1S(=O)(=O)N(C)C. The molecule has 2 aromatic rings.